The van der Waals surface area contributed by atoms with Gasteiger partial charge in [-0.1, -0.05) is 39.8 Å². The molecule has 0 aliphatic heterocycles. The van der Waals surface area contributed by atoms with E-state index < -0.39 is 0 Å². The van der Waals surface area contributed by atoms with E-state index in [-0.39, 0.29) is 5.41 Å². The number of nitrogens with two attached hydrogens (primary N) is 1. The van der Waals surface area contributed by atoms with E-state index in [0.29, 0.717) is 11.7 Å². The zero-order valence-electron chi connectivity index (χ0n) is 14.2. The third kappa shape index (κ3) is 2.39. The molecule has 0 bridgehead atoms. The second-order valence-corrected chi connectivity index (χ2v) is 7.34. The average Bonchev–Trinajstić information content (AvgIpc) is 2.73. The van der Waals surface area contributed by atoms with Gasteiger partial charge >= 0.3 is 0 Å². The molecular weight excluding hydrogens is 270 g/mol. The van der Waals surface area contributed by atoms with Gasteiger partial charge in [-0.25, -0.2) is 9.97 Å². The molecule has 2 N–H and O–H groups in total. The normalized spacial score (nSPS) is 16.1. The van der Waals surface area contributed by atoms with Crippen LogP contribution in [0.5, 0.6) is 0 Å². The van der Waals surface area contributed by atoms with Crippen molar-refractivity contribution >= 4 is 5.82 Å². The molecule has 1 aliphatic carbocycles. The number of rotatable bonds is 2. The van der Waals surface area contributed by atoms with Crippen LogP contribution in [0, 0.1) is 6.92 Å². The first-order valence-corrected chi connectivity index (χ1v) is 8.07. The number of nitrogens with zero attached hydrogens (tertiary/aromatic N) is 2. The monoisotopic (exact) mass is 295 g/mol. The summed E-state index contributed by atoms with van der Waals surface area (Å²) in [6.45, 7) is 10.9. The Kier molecular flexibility index (Phi) is 3.47. The summed E-state index contributed by atoms with van der Waals surface area (Å²) in [5, 5.41) is 0. The lowest BCUT2D eigenvalue weighted by molar-refractivity contribution is 0.522. The summed E-state index contributed by atoms with van der Waals surface area (Å²) in [5.74, 6) is 1.69. The molecule has 0 saturated heterocycles. The standard InChI is InChI=1S/C19H25N3/c1-11(2)16-12(3)21-18(22-17(16)20)14-6-7-15-13(10-14)8-9-19(15,4)5/h6-7,10-11H,8-9H2,1-5H3,(H2,20,21,22). The average molecular weight is 295 g/mol. The number of nitrogen functional groups attached to an aromatic ring is 1. The first-order valence-electron chi connectivity index (χ1n) is 8.07. The van der Waals surface area contributed by atoms with Crippen LogP contribution in [0.25, 0.3) is 11.4 Å². The van der Waals surface area contributed by atoms with Gasteiger partial charge in [-0.05, 0) is 48.3 Å². The predicted molar refractivity (Wildman–Crippen MR) is 92.1 cm³/mol. The highest BCUT2D eigenvalue weighted by molar-refractivity contribution is 5.62. The SMILES string of the molecule is Cc1nc(-c2ccc3c(c2)CCC3(C)C)nc(N)c1C(C)C. The van der Waals surface area contributed by atoms with Crippen molar-refractivity contribution in [2.45, 2.75) is 58.8 Å². The molecular formula is C19H25N3. The van der Waals surface area contributed by atoms with Crippen molar-refractivity contribution in [3.05, 3.63) is 40.6 Å². The van der Waals surface area contributed by atoms with Gasteiger partial charge in [0.1, 0.15) is 5.82 Å². The number of benzene rings is 1. The Bertz CT molecular complexity index is 706. The van der Waals surface area contributed by atoms with Gasteiger partial charge in [0.15, 0.2) is 5.82 Å². The van der Waals surface area contributed by atoms with Gasteiger partial charge in [-0.15, -0.1) is 0 Å². The van der Waals surface area contributed by atoms with Gasteiger partial charge in [-0.3, -0.25) is 0 Å². The highest BCUT2D eigenvalue weighted by Gasteiger charge is 2.29. The van der Waals surface area contributed by atoms with Crippen LogP contribution in [-0.2, 0) is 11.8 Å². The van der Waals surface area contributed by atoms with Gasteiger partial charge in [-0.2, -0.15) is 0 Å². The smallest absolute Gasteiger partial charge is 0.161 e. The summed E-state index contributed by atoms with van der Waals surface area (Å²) in [5.41, 5.74) is 12.4. The number of fused-ring (bicyclic) bond motifs is 1. The zero-order valence-corrected chi connectivity index (χ0v) is 14.2. The first-order chi connectivity index (χ1) is 10.3. The molecule has 3 rings (SSSR count). The maximum atomic E-state index is 6.17. The van der Waals surface area contributed by atoms with Gasteiger partial charge in [0.05, 0.1) is 0 Å². The van der Waals surface area contributed by atoms with Crippen LogP contribution < -0.4 is 5.73 Å². The Balaban J connectivity index is 2.06. The fourth-order valence-corrected chi connectivity index (χ4v) is 3.63. The lowest BCUT2D eigenvalue weighted by Gasteiger charge is -2.19. The second kappa shape index (κ2) is 5.08. The molecule has 3 heteroatoms. The maximum absolute atomic E-state index is 6.17. The second-order valence-electron chi connectivity index (χ2n) is 7.34. The van der Waals surface area contributed by atoms with E-state index in [0.717, 1.165) is 29.1 Å². The van der Waals surface area contributed by atoms with E-state index in [1.54, 1.807) is 0 Å². The summed E-state index contributed by atoms with van der Waals surface area (Å²) in [6.07, 6.45) is 2.34. The molecule has 1 heterocycles. The Morgan fingerprint density at radius 3 is 2.55 bits per heavy atom. The summed E-state index contributed by atoms with van der Waals surface area (Å²) >= 11 is 0. The van der Waals surface area contributed by atoms with Gasteiger partial charge in [0.25, 0.3) is 0 Å². The van der Waals surface area contributed by atoms with Crippen LogP contribution in [-0.4, -0.2) is 9.97 Å². The zero-order chi connectivity index (χ0) is 16.1. The summed E-state index contributed by atoms with van der Waals surface area (Å²) < 4.78 is 0. The topological polar surface area (TPSA) is 51.8 Å². The molecule has 22 heavy (non-hydrogen) atoms. The largest absolute Gasteiger partial charge is 0.383 e. The molecule has 0 fully saturated rings. The third-order valence-electron chi connectivity index (χ3n) is 4.85. The molecule has 1 aromatic heterocycles. The fraction of sp³-hybridized carbons (Fsp3) is 0.474. The Morgan fingerprint density at radius 2 is 1.91 bits per heavy atom. The van der Waals surface area contributed by atoms with Crippen LogP contribution in [0.3, 0.4) is 0 Å². The van der Waals surface area contributed by atoms with E-state index in [9.17, 15) is 0 Å². The van der Waals surface area contributed by atoms with Crippen molar-refractivity contribution in [3.8, 4) is 11.4 Å². The van der Waals surface area contributed by atoms with E-state index in [1.807, 2.05) is 6.92 Å². The van der Waals surface area contributed by atoms with Crippen LogP contribution >= 0.6 is 0 Å². The minimum absolute atomic E-state index is 0.283. The van der Waals surface area contributed by atoms with Crippen LogP contribution in [0.15, 0.2) is 18.2 Å². The molecule has 116 valence electrons. The summed E-state index contributed by atoms with van der Waals surface area (Å²) in [7, 11) is 0. The highest BCUT2D eigenvalue weighted by atomic mass is 15.0. The van der Waals surface area contributed by atoms with Crippen LogP contribution in [0.1, 0.15) is 62.4 Å². The molecule has 0 amide bonds. The highest BCUT2D eigenvalue weighted by Crippen LogP contribution is 2.39. The van der Waals surface area contributed by atoms with Gasteiger partial charge in [0.2, 0.25) is 0 Å². The van der Waals surface area contributed by atoms with Crippen LogP contribution in [0.4, 0.5) is 5.82 Å². The Morgan fingerprint density at radius 1 is 1.18 bits per heavy atom. The molecule has 2 aromatic rings. The number of aromatic nitrogens is 2. The summed E-state index contributed by atoms with van der Waals surface area (Å²) in [6, 6.07) is 6.62. The Hall–Kier alpha value is -1.90. The first kappa shape index (κ1) is 15.0. The van der Waals surface area contributed by atoms with E-state index in [2.05, 4.69) is 50.9 Å². The number of anilines is 1. The molecule has 0 saturated carbocycles. The van der Waals surface area contributed by atoms with E-state index in [1.165, 1.54) is 17.5 Å². The molecule has 1 aromatic carbocycles. The fourth-order valence-electron chi connectivity index (χ4n) is 3.63. The molecule has 0 radical (unpaired) electrons. The number of aryl methyl sites for hydroxylation is 2. The van der Waals surface area contributed by atoms with Crippen molar-refractivity contribution < 1.29 is 0 Å². The van der Waals surface area contributed by atoms with E-state index >= 15 is 0 Å². The van der Waals surface area contributed by atoms with E-state index in [4.69, 9.17) is 10.7 Å². The minimum Gasteiger partial charge on any atom is -0.383 e. The van der Waals surface area contributed by atoms with Crippen molar-refractivity contribution in [2.75, 3.05) is 5.73 Å². The Labute approximate surface area is 133 Å². The summed E-state index contributed by atoms with van der Waals surface area (Å²) in [4.78, 5) is 9.25. The molecule has 0 unspecified atom stereocenters. The molecule has 3 nitrogen and oxygen atoms in total. The lowest BCUT2D eigenvalue weighted by atomic mass is 9.86. The van der Waals surface area contributed by atoms with Crippen molar-refractivity contribution in [3.63, 3.8) is 0 Å². The minimum atomic E-state index is 0.283. The molecule has 0 spiro atoms. The molecule has 0 atom stereocenters. The predicted octanol–water partition coefficient (Wildman–Crippen LogP) is 4.38. The van der Waals surface area contributed by atoms with Crippen LogP contribution in [0.2, 0.25) is 0 Å². The van der Waals surface area contributed by atoms with Gasteiger partial charge in [0, 0.05) is 16.8 Å². The van der Waals surface area contributed by atoms with Crippen molar-refractivity contribution in [1.29, 1.82) is 0 Å². The van der Waals surface area contributed by atoms with Crippen molar-refractivity contribution in [2.24, 2.45) is 0 Å². The van der Waals surface area contributed by atoms with Crippen molar-refractivity contribution in [1.82, 2.24) is 9.97 Å². The number of hydrogen-bond acceptors (Lipinski definition) is 3. The maximum Gasteiger partial charge on any atom is 0.161 e. The molecule has 1 aliphatic rings. The quantitative estimate of drug-likeness (QED) is 0.894. The number of hydrogen-bond donors (Lipinski definition) is 1. The lowest BCUT2D eigenvalue weighted by Crippen LogP contribution is -2.11. The third-order valence-corrected chi connectivity index (χ3v) is 4.85. The van der Waals surface area contributed by atoms with Gasteiger partial charge < -0.3 is 5.73 Å².